The molecule has 0 aliphatic heterocycles. The highest BCUT2D eigenvalue weighted by molar-refractivity contribution is 9.10. The molecule has 0 saturated carbocycles. The lowest BCUT2D eigenvalue weighted by molar-refractivity contribution is -0.140. The highest BCUT2D eigenvalue weighted by atomic mass is 79.9. The van der Waals surface area contributed by atoms with Crippen LogP contribution in [0.4, 0.5) is 0 Å². The molecule has 1 aromatic carbocycles. The molecule has 0 aliphatic rings. The quantitative estimate of drug-likeness (QED) is 0.783. The Morgan fingerprint density at radius 1 is 1.35 bits per heavy atom. The molecular formula is C12H14BrNO5S. The molecular weight excluding hydrogens is 350 g/mol. The number of amides is 1. The van der Waals surface area contributed by atoms with Gasteiger partial charge in [0.15, 0.2) is 9.84 Å². The number of hydrogen-bond acceptors (Lipinski definition) is 4. The van der Waals surface area contributed by atoms with Crippen molar-refractivity contribution in [3.63, 3.8) is 0 Å². The molecule has 110 valence electrons. The first-order chi connectivity index (χ1) is 9.21. The zero-order valence-corrected chi connectivity index (χ0v) is 13.1. The molecule has 1 rings (SSSR count). The predicted molar refractivity (Wildman–Crippen MR) is 76.9 cm³/mol. The molecule has 0 saturated heterocycles. The molecule has 2 N–H and O–H groups in total. The Balaban J connectivity index is 2.86. The van der Waals surface area contributed by atoms with E-state index in [2.05, 4.69) is 21.2 Å². The zero-order valence-electron chi connectivity index (χ0n) is 10.7. The average Bonchev–Trinajstić information content (AvgIpc) is 2.30. The van der Waals surface area contributed by atoms with E-state index in [-0.39, 0.29) is 5.75 Å². The lowest BCUT2D eigenvalue weighted by Crippen LogP contribution is -2.44. The lowest BCUT2D eigenvalue weighted by atomic mass is 10.2. The third-order valence-corrected chi connectivity index (χ3v) is 4.80. The molecule has 0 bridgehead atoms. The molecule has 1 aromatic rings. The van der Waals surface area contributed by atoms with Crippen LogP contribution in [-0.4, -0.2) is 37.2 Å². The van der Waals surface area contributed by atoms with Gasteiger partial charge in [0.2, 0.25) is 5.91 Å². The normalized spacial score (nSPS) is 12.7. The SMILES string of the molecule is CC(=O)N[C@@H](CS(=O)(=O)Cc1ccccc1Br)C(=O)O. The van der Waals surface area contributed by atoms with Crippen molar-refractivity contribution in [3.05, 3.63) is 34.3 Å². The highest BCUT2D eigenvalue weighted by Crippen LogP contribution is 2.19. The molecule has 6 nitrogen and oxygen atoms in total. The van der Waals surface area contributed by atoms with E-state index in [1.807, 2.05) is 0 Å². The number of carboxylic acids is 1. The van der Waals surface area contributed by atoms with E-state index in [9.17, 15) is 18.0 Å². The number of carbonyl (C=O) groups is 2. The maximum absolute atomic E-state index is 12.0. The van der Waals surface area contributed by atoms with Gasteiger partial charge in [-0.25, -0.2) is 13.2 Å². The largest absolute Gasteiger partial charge is 0.480 e. The second-order valence-electron chi connectivity index (χ2n) is 4.24. The Hall–Kier alpha value is -1.41. The van der Waals surface area contributed by atoms with Crippen LogP contribution in [0.1, 0.15) is 12.5 Å². The third-order valence-electron chi connectivity index (χ3n) is 2.43. The standard InChI is InChI=1S/C12H14BrNO5S/c1-8(15)14-11(12(16)17)7-20(18,19)6-9-4-2-3-5-10(9)13/h2-5,11H,6-7H2,1H3,(H,14,15)(H,16,17)/t11-/m0/s1. The molecule has 8 heteroatoms. The maximum atomic E-state index is 12.0. The van der Waals surface area contributed by atoms with Crippen molar-refractivity contribution in [3.8, 4) is 0 Å². The summed E-state index contributed by atoms with van der Waals surface area (Å²) in [5.74, 6) is -2.91. The Morgan fingerprint density at radius 3 is 2.45 bits per heavy atom. The fourth-order valence-electron chi connectivity index (χ4n) is 1.59. The minimum Gasteiger partial charge on any atom is -0.480 e. The summed E-state index contributed by atoms with van der Waals surface area (Å²) < 4.78 is 24.7. The van der Waals surface area contributed by atoms with Gasteiger partial charge < -0.3 is 10.4 Å². The summed E-state index contributed by atoms with van der Waals surface area (Å²) in [6.45, 7) is 1.14. The zero-order chi connectivity index (χ0) is 15.3. The van der Waals surface area contributed by atoms with Crippen molar-refractivity contribution in [2.75, 3.05) is 5.75 Å². The summed E-state index contributed by atoms with van der Waals surface area (Å²) in [6, 6.07) is 5.33. The van der Waals surface area contributed by atoms with E-state index in [1.165, 1.54) is 0 Å². The van der Waals surface area contributed by atoms with Gasteiger partial charge in [0, 0.05) is 11.4 Å². The maximum Gasteiger partial charge on any atom is 0.327 e. The molecule has 0 aliphatic carbocycles. The molecule has 0 spiro atoms. The summed E-state index contributed by atoms with van der Waals surface area (Å²) in [7, 11) is -3.67. The smallest absolute Gasteiger partial charge is 0.327 e. The Labute approximate surface area is 125 Å². The Morgan fingerprint density at radius 2 is 1.95 bits per heavy atom. The van der Waals surface area contributed by atoms with Gasteiger partial charge in [0.1, 0.15) is 6.04 Å². The van der Waals surface area contributed by atoms with Gasteiger partial charge >= 0.3 is 5.97 Å². The summed E-state index contributed by atoms with van der Waals surface area (Å²) in [4.78, 5) is 21.8. The molecule has 0 radical (unpaired) electrons. The third kappa shape index (κ3) is 5.30. The van der Waals surface area contributed by atoms with E-state index in [4.69, 9.17) is 5.11 Å². The van der Waals surface area contributed by atoms with Gasteiger partial charge in [-0.15, -0.1) is 0 Å². The second-order valence-corrected chi connectivity index (χ2v) is 7.20. The number of nitrogens with one attached hydrogen (secondary N) is 1. The topological polar surface area (TPSA) is 101 Å². The Bertz CT molecular complexity index is 614. The summed E-state index contributed by atoms with van der Waals surface area (Å²) in [5.41, 5.74) is 0.541. The van der Waals surface area contributed by atoms with E-state index in [0.717, 1.165) is 6.92 Å². The van der Waals surface area contributed by atoms with Crippen molar-refractivity contribution in [2.24, 2.45) is 0 Å². The van der Waals surface area contributed by atoms with Gasteiger partial charge in [-0.05, 0) is 11.6 Å². The fourth-order valence-corrected chi connectivity index (χ4v) is 3.77. The van der Waals surface area contributed by atoms with Gasteiger partial charge in [-0.3, -0.25) is 4.79 Å². The van der Waals surface area contributed by atoms with E-state index < -0.39 is 33.5 Å². The van der Waals surface area contributed by atoms with Gasteiger partial charge in [0.25, 0.3) is 0 Å². The molecule has 0 aromatic heterocycles. The van der Waals surface area contributed by atoms with E-state index in [1.54, 1.807) is 24.3 Å². The average molecular weight is 364 g/mol. The first kappa shape index (κ1) is 16.6. The predicted octanol–water partition coefficient (Wildman–Crippen LogP) is 0.953. The lowest BCUT2D eigenvalue weighted by Gasteiger charge is -2.14. The first-order valence-electron chi connectivity index (χ1n) is 5.65. The Kier molecular flexibility index (Phi) is 5.70. The van der Waals surface area contributed by atoms with Crippen LogP contribution in [0.15, 0.2) is 28.7 Å². The summed E-state index contributed by atoms with van der Waals surface area (Å²) in [5, 5.41) is 11.0. The monoisotopic (exact) mass is 363 g/mol. The van der Waals surface area contributed by atoms with Crippen LogP contribution >= 0.6 is 15.9 Å². The van der Waals surface area contributed by atoms with Crippen molar-refractivity contribution < 1.29 is 23.1 Å². The second kappa shape index (κ2) is 6.85. The van der Waals surface area contributed by atoms with E-state index >= 15 is 0 Å². The molecule has 0 unspecified atom stereocenters. The van der Waals surface area contributed by atoms with Crippen LogP contribution in [0.3, 0.4) is 0 Å². The van der Waals surface area contributed by atoms with Crippen molar-refractivity contribution >= 4 is 37.6 Å². The number of hydrogen-bond donors (Lipinski definition) is 2. The van der Waals surface area contributed by atoms with Crippen molar-refractivity contribution in [2.45, 2.75) is 18.7 Å². The number of sulfone groups is 1. The molecule has 1 amide bonds. The van der Waals surface area contributed by atoms with Crippen LogP contribution in [0, 0.1) is 0 Å². The van der Waals surface area contributed by atoms with Crippen LogP contribution in [0.5, 0.6) is 0 Å². The number of aliphatic carboxylic acids is 1. The van der Waals surface area contributed by atoms with Crippen LogP contribution < -0.4 is 5.32 Å². The van der Waals surface area contributed by atoms with Crippen molar-refractivity contribution in [1.29, 1.82) is 0 Å². The summed E-state index contributed by atoms with van der Waals surface area (Å²) in [6.07, 6.45) is 0. The first-order valence-corrected chi connectivity index (χ1v) is 8.26. The minimum absolute atomic E-state index is 0.294. The highest BCUT2D eigenvalue weighted by Gasteiger charge is 2.26. The number of rotatable bonds is 6. The van der Waals surface area contributed by atoms with Crippen LogP contribution in [0.2, 0.25) is 0 Å². The number of halogens is 1. The number of carboxylic acid groups (broad SMARTS) is 1. The van der Waals surface area contributed by atoms with Crippen molar-refractivity contribution in [1.82, 2.24) is 5.32 Å². The molecule has 0 fully saturated rings. The minimum atomic E-state index is -3.67. The van der Waals surface area contributed by atoms with Crippen LogP contribution in [-0.2, 0) is 25.2 Å². The van der Waals surface area contributed by atoms with E-state index in [0.29, 0.717) is 10.0 Å². The number of benzene rings is 1. The fraction of sp³-hybridized carbons (Fsp3) is 0.333. The van der Waals surface area contributed by atoms with Gasteiger partial charge in [0.05, 0.1) is 11.5 Å². The summed E-state index contributed by atoms with van der Waals surface area (Å²) >= 11 is 3.23. The van der Waals surface area contributed by atoms with Gasteiger partial charge in [-0.1, -0.05) is 34.1 Å². The molecule has 0 heterocycles. The van der Waals surface area contributed by atoms with Crippen LogP contribution in [0.25, 0.3) is 0 Å². The molecule has 1 atom stereocenters. The number of carbonyl (C=O) groups excluding carboxylic acids is 1. The molecule has 20 heavy (non-hydrogen) atoms. The van der Waals surface area contributed by atoms with Gasteiger partial charge in [-0.2, -0.15) is 0 Å².